The van der Waals surface area contributed by atoms with Crippen LogP contribution in [0.25, 0.3) is 0 Å². The van der Waals surface area contributed by atoms with Crippen LogP contribution in [0.1, 0.15) is 22.8 Å². The van der Waals surface area contributed by atoms with Gasteiger partial charge in [-0.05, 0) is 91.2 Å². The third-order valence-electron chi connectivity index (χ3n) is 4.43. The van der Waals surface area contributed by atoms with Crippen LogP contribution in [-0.2, 0) is 6.42 Å². The minimum atomic E-state index is -0.457. The van der Waals surface area contributed by atoms with E-state index in [2.05, 4.69) is 72.3 Å². The Balaban J connectivity index is 2.02. The van der Waals surface area contributed by atoms with Gasteiger partial charge in [0.2, 0.25) is 0 Å². The van der Waals surface area contributed by atoms with E-state index in [9.17, 15) is 4.79 Å². The summed E-state index contributed by atoms with van der Waals surface area (Å²) in [5.74, 6) is 0. The zero-order valence-electron chi connectivity index (χ0n) is 15.9. The summed E-state index contributed by atoms with van der Waals surface area (Å²) in [7, 11) is 0. The van der Waals surface area contributed by atoms with Gasteiger partial charge in [0, 0.05) is 34.9 Å². The van der Waals surface area contributed by atoms with Crippen LogP contribution >= 0.6 is 11.6 Å². The van der Waals surface area contributed by atoms with Crippen LogP contribution in [0.3, 0.4) is 0 Å². The summed E-state index contributed by atoms with van der Waals surface area (Å²) >= 11 is 5.60. The maximum Gasteiger partial charge on any atom is 0.252 e. The molecular weight excluding hydrogens is 368 g/mol. The zero-order chi connectivity index (χ0) is 19.9. The van der Waals surface area contributed by atoms with Crippen molar-refractivity contribution in [1.29, 1.82) is 0 Å². The molecule has 0 saturated heterocycles. The highest BCUT2D eigenvalue weighted by atomic mass is 35.5. The van der Waals surface area contributed by atoms with Gasteiger partial charge in [-0.2, -0.15) is 0 Å². The van der Waals surface area contributed by atoms with Crippen LogP contribution in [-0.4, -0.2) is 11.8 Å². The summed E-state index contributed by atoms with van der Waals surface area (Å²) in [6, 6.07) is 24.0. The zero-order valence-corrected chi connectivity index (χ0v) is 16.6. The van der Waals surface area contributed by atoms with E-state index in [1.54, 1.807) is 12.1 Å². The molecule has 142 valence electrons. The molecule has 3 nitrogen and oxygen atoms in total. The van der Waals surface area contributed by atoms with Gasteiger partial charge >= 0.3 is 0 Å². The molecule has 0 amide bonds. The molecule has 0 aromatic heterocycles. The van der Waals surface area contributed by atoms with Gasteiger partial charge in [0.15, 0.2) is 0 Å². The molecule has 0 fully saturated rings. The van der Waals surface area contributed by atoms with Gasteiger partial charge in [0.25, 0.3) is 5.24 Å². The van der Waals surface area contributed by atoms with Crippen molar-refractivity contribution in [1.82, 2.24) is 0 Å². The number of nitrogens with one attached hydrogen (secondary N) is 1. The first kappa shape index (κ1) is 19.7. The molecule has 0 saturated carbocycles. The third-order valence-corrected chi connectivity index (χ3v) is 4.65. The first-order chi connectivity index (χ1) is 13.6. The molecule has 0 atom stereocenters. The summed E-state index contributed by atoms with van der Waals surface area (Å²) in [6.45, 7) is 6.75. The smallest absolute Gasteiger partial charge is 0.252 e. The molecule has 0 bridgehead atoms. The van der Waals surface area contributed by atoms with Crippen molar-refractivity contribution in [2.24, 2.45) is 0 Å². The van der Waals surface area contributed by atoms with Crippen LogP contribution < -0.4 is 10.2 Å². The van der Waals surface area contributed by atoms with E-state index in [1.165, 1.54) is 5.56 Å². The number of rotatable bonds is 8. The minimum absolute atomic E-state index is 0.457. The van der Waals surface area contributed by atoms with Crippen LogP contribution in [0.15, 0.2) is 85.5 Å². The lowest BCUT2D eigenvalue weighted by molar-refractivity contribution is 0.108. The summed E-state index contributed by atoms with van der Waals surface area (Å²) in [5.41, 5.74) is 5.79. The first-order valence-electron chi connectivity index (χ1n) is 9.26. The number of carbonyl (C=O) groups excluding carboxylic acids is 1. The predicted molar refractivity (Wildman–Crippen MR) is 119 cm³/mol. The SMILES string of the molecule is C=CCc1ccc(N(c2ccc(NCC)cc2)c2ccc(C(=O)Cl)cc2)cc1. The lowest BCUT2D eigenvalue weighted by Gasteiger charge is -2.26. The molecule has 0 spiro atoms. The Kier molecular flexibility index (Phi) is 6.51. The van der Waals surface area contributed by atoms with Crippen LogP contribution in [0, 0.1) is 0 Å². The average molecular weight is 391 g/mol. The third kappa shape index (κ3) is 4.62. The van der Waals surface area contributed by atoms with Gasteiger partial charge < -0.3 is 10.2 Å². The van der Waals surface area contributed by atoms with Gasteiger partial charge in [-0.3, -0.25) is 4.79 Å². The molecule has 0 heterocycles. The number of hydrogen-bond donors (Lipinski definition) is 1. The molecule has 0 radical (unpaired) electrons. The highest BCUT2D eigenvalue weighted by molar-refractivity contribution is 6.67. The predicted octanol–water partition coefficient (Wildman–Crippen LogP) is 6.70. The second kappa shape index (κ2) is 9.25. The van der Waals surface area contributed by atoms with Crippen LogP contribution in [0.5, 0.6) is 0 Å². The number of allylic oxidation sites excluding steroid dienone is 1. The second-order valence-corrected chi connectivity index (χ2v) is 6.74. The standard InChI is InChI=1S/C24H23ClN2O/c1-3-5-18-6-12-21(13-7-18)27(22-14-8-19(9-15-22)24(25)28)23-16-10-20(11-17-23)26-4-2/h3,6-17,26H,1,4-5H2,2H3. The van der Waals surface area contributed by atoms with Gasteiger partial charge in [0.05, 0.1) is 0 Å². The number of nitrogens with zero attached hydrogens (tertiary/aromatic N) is 1. The summed E-state index contributed by atoms with van der Waals surface area (Å²) in [5, 5.41) is 2.86. The number of carbonyl (C=O) groups is 1. The molecule has 0 aliphatic carbocycles. The normalized spacial score (nSPS) is 10.4. The number of benzene rings is 3. The van der Waals surface area contributed by atoms with Crippen molar-refractivity contribution in [2.45, 2.75) is 13.3 Å². The van der Waals surface area contributed by atoms with Gasteiger partial charge in [0.1, 0.15) is 0 Å². The number of anilines is 4. The summed E-state index contributed by atoms with van der Waals surface area (Å²) in [6.07, 6.45) is 2.73. The largest absolute Gasteiger partial charge is 0.385 e. The van der Waals surface area contributed by atoms with E-state index in [0.717, 1.165) is 35.7 Å². The van der Waals surface area contributed by atoms with E-state index in [-0.39, 0.29) is 0 Å². The minimum Gasteiger partial charge on any atom is -0.385 e. The van der Waals surface area contributed by atoms with E-state index >= 15 is 0 Å². The summed E-state index contributed by atoms with van der Waals surface area (Å²) < 4.78 is 0. The molecule has 4 heteroatoms. The van der Waals surface area contributed by atoms with Crippen molar-refractivity contribution < 1.29 is 4.79 Å². The van der Waals surface area contributed by atoms with Crippen LogP contribution in [0.2, 0.25) is 0 Å². The van der Waals surface area contributed by atoms with E-state index in [1.807, 2.05) is 18.2 Å². The van der Waals surface area contributed by atoms with E-state index in [4.69, 9.17) is 11.6 Å². The molecular formula is C24H23ClN2O. The lowest BCUT2D eigenvalue weighted by atomic mass is 10.1. The Hall–Kier alpha value is -3.04. The molecule has 3 aromatic rings. The lowest BCUT2D eigenvalue weighted by Crippen LogP contribution is -2.10. The highest BCUT2D eigenvalue weighted by Crippen LogP contribution is 2.35. The Bertz CT molecular complexity index is 932. The molecule has 0 aliphatic rings. The maximum absolute atomic E-state index is 11.4. The van der Waals surface area contributed by atoms with Gasteiger partial charge in [-0.1, -0.05) is 18.2 Å². The van der Waals surface area contributed by atoms with Gasteiger partial charge in [-0.15, -0.1) is 6.58 Å². The first-order valence-corrected chi connectivity index (χ1v) is 9.64. The highest BCUT2D eigenvalue weighted by Gasteiger charge is 2.13. The topological polar surface area (TPSA) is 32.3 Å². The van der Waals surface area contributed by atoms with Crippen molar-refractivity contribution >= 4 is 39.6 Å². The van der Waals surface area contributed by atoms with Crippen molar-refractivity contribution in [2.75, 3.05) is 16.8 Å². The molecule has 0 unspecified atom stereocenters. The Labute approximate surface area is 171 Å². The fraction of sp³-hybridized carbons (Fsp3) is 0.125. The molecule has 28 heavy (non-hydrogen) atoms. The Morgan fingerprint density at radius 3 is 1.89 bits per heavy atom. The monoisotopic (exact) mass is 390 g/mol. The van der Waals surface area contributed by atoms with E-state index in [0.29, 0.717) is 5.56 Å². The Morgan fingerprint density at radius 1 is 0.929 bits per heavy atom. The van der Waals surface area contributed by atoms with Gasteiger partial charge in [-0.25, -0.2) is 0 Å². The fourth-order valence-corrected chi connectivity index (χ4v) is 3.19. The molecule has 1 N–H and O–H groups in total. The number of halogens is 1. The maximum atomic E-state index is 11.4. The number of hydrogen-bond acceptors (Lipinski definition) is 3. The van der Waals surface area contributed by atoms with Crippen molar-refractivity contribution in [3.8, 4) is 0 Å². The Morgan fingerprint density at radius 2 is 1.43 bits per heavy atom. The second-order valence-electron chi connectivity index (χ2n) is 6.39. The van der Waals surface area contributed by atoms with Crippen molar-refractivity contribution in [3.63, 3.8) is 0 Å². The van der Waals surface area contributed by atoms with E-state index < -0.39 is 5.24 Å². The van der Waals surface area contributed by atoms with Crippen molar-refractivity contribution in [3.05, 3.63) is 96.6 Å². The van der Waals surface area contributed by atoms with Crippen LogP contribution in [0.4, 0.5) is 22.7 Å². The fourth-order valence-electron chi connectivity index (χ4n) is 3.07. The summed E-state index contributed by atoms with van der Waals surface area (Å²) in [4.78, 5) is 13.6. The molecule has 3 rings (SSSR count). The quantitative estimate of drug-likeness (QED) is 0.343. The average Bonchev–Trinajstić information content (AvgIpc) is 2.72. The molecule has 0 aliphatic heterocycles. The molecule has 3 aromatic carbocycles.